The molecule has 0 aromatic heterocycles. The maximum absolute atomic E-state index is 11.1. The van der Waals surface area contributed by atoms with E-state index in [1.54, 1.807) is 13.8 Å². The van der Waals surface area contributed by atoms with Crippen molar-refractivity contribution in [3.63, 3.8) is 0 Å². The molecule has 0 aliphatic rings. The average molecular weight is 232 g/mol. The number of rotatable bonds is 5. The fraction of sp³-hybridized carbons (Fsp3) is 0.917. The highest BCUT2D eigenvalue weighted by atomic mass is 16.4. The molecule has 0 rings (SSSR count). The van der Waals surface area contributed by atoms with Crippen molar-refractivity contribution in [3.8, 4) is 0 Å². The van der Waals surface area contributed by atoms with Gasteiger partial charge < -0.3 is 15.3 Å². The first-order valence-corrected chi connectivity index (χ1v) is 5.55. The molecule has 0 radical (unpaired) electrons. The van der Waals surface area contributed by atoms with E-state index in [9.17, 15) is 15.0 Å². The fourth-order valence-corrected chi connectivity index (χ4v) is 2.07. The van der Waals surface area contributed by atoms with Crippen LogP contribution in [0.1, 0.15) is 41.5 Å². The molecule has 0 aromatic carbocycles. The molecule has 3 N–H and O–H groups in total. The van der Waals surface area contributed by atoms with Crippen LogP contribution in [0.15, 0.2) is 0 Å². The normalized spacial score (nSPS) is 17.3. The second-order valence-corrected chi connectivity index (χ2v) is 5.94. The molecule has 2 atom stereocenters. The smallest absolute Gasteiger partial charge is 0.311 e. The summed E-state index contributed by atoms with van der Waals surface area (Å²) in [6.45, 7) is 9.99. The molecular weight excluding hydrogens is 208 g/mol. The van der Waals surface area contributed by atoms with Crippen LogP contribution in [0.5, 0.6) is 0 Å². The van der Waals surface area contributed by atoms with Crippen molar-refractivity contribution < 1.29 is 20.1 Å². The Balaban J connectivity index is 5.10. The van der Waals surface area contributed by atoms with Crippen LogP contribution in [0, 0.1) is 16.7 Å². The van der Waals surface area contributed by atoms with Gasteiger partial charge in [-0.05, 0) is 19.8 Å². The highest BCUT2D eigenvalue weighted by molar-refractivity contribution is 5.74. The zero-order chi connectivity index (χ0) is 13.3. The molecule has 4 heteroatoms. The molecule has 0 saturated carbocycles. The van der Waals surface area contributed by atoms with Crippen molar-refractivity contribution in [2.75, 3.05) is 0 Å². The number of aliphatic hydroxyl groups is 2. The summed E-state index contributed by atoms with van der Waals surface area (Å²) in [4.78, 5) is 11.1. The van der Waals surface area contributed by atoms with E-state index in [-0.39, 0.29) is 5.92 Å². The molecule has 0 fully saturated rings. The van der Waals surface area contributed by atoms with E-state index in [1.165, 1.54) is 13.8 Å². The highest BCUT2D eigenvalue weighted by Gasteiger charge is 2.48. The summed E-state index contributed by atoms with van der Waals surface area (Å²) in [5.74, 6) is -1.10. The Hall–Kier alpha value is -0.610. The number of carboxylic acids is 1. The lowest BCUT2D eigenvalue weighted by Gasteiger charge is -2.42. The van der Waals surface area contributed by atoms with Gasteiger partial charge in [0.05, 0.1) is 17.6 Å². The van der Waals surface area contributed by atoms with Crippen LogP contribution < -0.4 is 0 Å². The van der Waals surface area contributed by atoms with Crippen LogP contribution in [0.4, 0.5) is 0 Å². The van der Waals surface area contributed by atoms with E-state index >= 15 is 0 Å². The summed E-state index contributed by atoms with van der Waals surface area (Å²) in [7, 11) is 0. The highest BCUT2D eigenvalue weighted by Crippen LogP contribution is 2.39. The Morgan fingerprint density at radius 3 is 1.69 bits per heavy atom. The second kappa shape index (κ2) is 4.72. The monoisotopic (exact) mass is 232 g/mol. The molecule has 16 heavy (non-hydrogen) atoms. The van der Waals surface area contributed by atoms with Gasteiger partial charge in [0.2, 0.25) is 0 Å². The molecule has 0 heterocycles. The van der Waals surface area contributed by atoms with Crippen LogP contribution in [0.25, 0.3) is 0 Å². The Labute approximate surface area is 97.3 Å². The fourth-order valence-electron chi connectivity index (χ4n) is 2.07. The lowest BCUT2D eigenvalue weighted by Crippen LogP contribution is -2.52. The second-order valence-electron chi connectivity index (χ2n) is 5.94. The maximum atomic E-state index is 11.1. The molecule has 0 amide bonds. The van der Waals surface area contributed by atoms with Gasteiger partial charge in [0.15, 0.2) is 0 Å². The summed E-state index contributed by atoms with van der Waals surface area (Å²) in [5, 5.41) is 29.2. The first-order valence-electron chi connectivity index (χ1n) is 5.55. The van der Waals surface area contributed by atoms with Gasteiger partial charge in [0.25, 0.3) is 0 Å². The van der Waals surface area contributed by atoms with E-state index in [0.717, 1.165) is 0 Å². The molecule has 0 spiro atoms. The Morgan fingerprint density at radius 2 is 1.44 bits per heavy atom. The van der Waals surface area contributed by atoms with E-state index in [0.29, 0.717) is 0 Å². The van der Waals surface area contributed by atoms with Gasteiger partial charge in [-0.15, -0.1) is 0 Å². The van der Waals surface area contributed by atoms with Gasteiger partial charge in [-0.3, -0.25) is 4.79 Å². The molecule has 0 aliphatic carbocycles. The van der Waals surface area contributed by atoms with Crippen molar-refractivity contribution in [2.45, 2.75) is 53.8 Å². The lowest BCUT2D eigenvalue weighted by atomic mass is 9.67. The first-order chi connectivity index (χ1) is 6.95. The number of hydrogen-bond acceptors (Lipinski definition) is 3. The molecule has 0 bridgehead atoms. The minimum absolute atomic E-state index is 0.0331. The first kappa shape index (κ1) is 15.4. The minimum Gasteiger partial charge on any atom is -0.481 e. The van der Waals surface area contributed by atoms with E-state index in [4.69, 9.17) is 5.11 Å². The third kappa shape index (κ3) is 2.74. The van der Waals surface area contributed by atoms with Crippen molar-refractivity contribution in [1.82, 2.24) is 0 Å². The van der Waals surface area contributed by atoms with Gasteiger partial charge in [-0.1, -0.05) is 27.7 Å². The lowest BCUT2D eigenvalue weighted by molar-refractivity contribution is -0.167. The van der Waals surface area contributed by atoms with E-state index in [1.807, 2.05) is 13.8 Å². The summed E-state index contributed by atoms with van der Waals surface area (Å²) in [6.07, 6.45) is -1.86. The van der Waals surface area contributed by atoms with Gasteiger partial charge in [-0.2, -0.15) is 0 Å². The molecule has 0 saturated heterocycles. The summed E-state index contributed by atoms with van der Waals surface area (Å²) >= 11 is 0. The van der Waals surface area contributed by atoms with Gasteiger partial charge in [0.1, 0.15) is 0 Å². The molecule has 4 nitrogen and oxygen atoms in total. The van der Waals surface area contributed by atoms with Crippen molar-refractivity contribution >= 4 is 5.97 Å². The Morgan fingerprint density at radius 1 is 1.06 bits per heavy atom. The summed E-state index contributed by atoms with van der Waals surface area (Å²) in [5.41, 5.74) is -2.14. The Bertz CT molecular complexity index is 256. The zero-order valence-electron chi connectivity index (χ0n) is 11.0. The van der Waals surface area contributed by atoms with Crippen LogP contribution in [0.2, 0.25) is 0 Å². The third-order valence-electron chi connectivity index (χ3n) is 3.33. The van der Waals surface area contributed by atoms with Crippen molar-refractivity contribution in [1.29, 1.82) is 0 Å². The number of carbonyl (C=O) groups is 1. The average Bonchev–Trinajstić information content (AvgIpc) is 2.14. The molecule has 96 valence electrons. The molecule has 0 aliphatic heterocycles. The number of aliphatic carboxylic acids is 1. The van der Waals surface area contributed by atoms with Crippen LogP contribution in [-0.2, 0) is 4.79 Å². The van der Waals surface area contributed by atoms with Gasteiger partial charge >= 0.3 is 5.97 Å². The summed E-state index contributed by atoms with van der Waals surface area (Å²) < 4.78 is 0. The van der Waals surface area contributed by atoms with E-state index < -0.39 is 29.0 Å². The van der Waals surface area contributed by atoms with Crippen LogP contribution in [0.3, 0.4) is 0 Å². The Kier molecular flexibility index (Phi) is 4.54. The third-order valence-corrected chi connectivity index (χ3v) is 3.33. The predicted octanol–water partition coefficient (Wildman–Crippen LogP) is 1.50. The summed E-state index contributed by atoms with van der Waals surface area (Å²) in [6, 6.07) is 0. The number of carboxylic acid groups (broad SMARTS) is 1. The topological polar surface area (TPSA) is 77.8 Å². The minimum atomic E-state index is -1.28. The zero-order valence-corrected chi connectivity index (χ0v) is 11.0. The SMILES string of the molecule is CC(C)C(O)C(C)(C)C(O)C(C)(C)C(=O)O. The standard InChI is InChI=1S/C12H24O4/c1-7(2)8(13)11(3,4)9(14)12(5,6)10(15)16/h7-9,13-14H,1-6H3,(H,15,16). The molecule has 0 aromatic rings. The number of aliphatic hydroxyl groups excluding tert-OH is 2. The molecule has 2 unspecified atom stereocenters. The molecular formula is C12H24O4. The van der Waals surface area contributed by atoms with Crippen molar-refractivity contribution in [3.05, 3.63) is 0 Å². The van der Waals surface area contributed by atoms with Gasteiger partial charge in [0, 0.05) is 5.41 Å². The maximum Gasteiger partial charge on any atom is 0.311 e. The van der Waals surface area contributed by atoms with Crippen molar-refractivity contribution in [2.24, 2.45) is 16.7 Å². The van der Waals surface area contributed by atoms with E-state index in [2.05, 4.69) is 0 Å². The van der Waals surface area contributed by atoms with Gasteiger partial charge in [-0.25, -0.2) is 0 Å². The van der Waals surface area contributed by atoms with Crippen LogP contribution in [-0.4, -0.2) is 33.5 Å². The predicted molar refractivity (Wildman–Crippen MR) is 62.0 cm³/mol. The number of hydrogen-bond donors (Lipinski definition) is 3. The largest absolute Gasteiger partial charge is 0.481 e. The quantitative estimate of drug-likeness (QED) is 0.671. The van der Waals surface area contributed by atoms with Crippen LogP contribution >= 0.6 is 0 Å².